The molecule has 0 saturated heterocycles. The number of benzene rings is 1. The van der Waals surface area contributed by atoms with Crippen LogP contribution in [-0.4, -0.2) is 32.7 Å². The SMILES string of the molecule is COC(=O)C(N)CN(C)c1ccccc1F. The van der Waals surface area contributed by atoms with Gasteiger partial charge >= 0.3 is 5.97 Å². The zero-order valence-corrected chi connectivity index (χ0v) is 9.31. The van der Waals surface area contributed by atoms with Gasteiger partial charge in [-0.05, 0) is 12.1 Å². The third-order valence-electron chi connectivity index (χ3n) is 2.24. The van der Waals surface area contributed by atoms with Crippen LogP contribution in [0.1, 0.15) is 0 Å². The lowest BCUT2D eigenvalue weighted by molar-refractivity contribution is -0.141. The molecule has 0 amide bonds. The molecule has 1 aromatic carbocycles. The van der Waals surface area contributed by atoms with Crippen LogP contribution in [0.2, 0.25) is 0 Å². The van der Waals surface area contributed by atoms with Gasteiger partial charge in [0.25, 0.3) is 0 Å². The summed E-state index contributed by atoms with van der Waals surface area (Å²) in [7, 11) is 2.94. The van der Waals surface area contributed by atoms with E-state index in [2.05, 4.69) is 4.74 Å². The molecule has 4 nitrogen and oxygen atoms in total. The molecule has 0 aliphatic carbocycles. The Labute approximate surface area is 93.8 Å². The van der Waals surface area contributed by atoms with E-state index in [-0.39, 0.29) is 12.4 Å². The maximum Gasteiger partial charge on any atom is 0.324 e. The molecule has 2 N–H and O–H groups in total. The summed E-state index contributed by atoms with van der Waals surface area (Å²) in [6.45, 7) is 0.202. The van der Waals surface area contributed by atoms with Crippen LogP contribution < -0.4 is 10.6 Å². The second kappa shape index (κ2) is 5.46. The van der Waals surface area contributed by atoms with Crippen LogP contribution in [0, 0.1) is 5.82 Å². The molecule has 0 spiro atoms. The first-order chi connectivity index (χ1) is 7.56. The highest BCUT2D eigenvalue weighted by atomic mass is 19.1. The number of likely N-dealkylation sites (N-methyl/N-ethyl adjacent to an activating group) is 1. The number of carbonyl (C=O) groups excluding carboxylic acids is 1. The zero-order valence-electron chi connectivity index (χ0n) is 9.31. The summed E-state index contributed by atoms with van der Waals surface area (Å²) in [6.07, 6.45) is 0. The number of rotatable bonds is 4. The normalized spacial score (nSPS) is 12.0. The van der Waals surface area contributed by atoms with E-state index in [0.717, 1.165) is 0 Å². The Morgan fingerprint density at radius 2 is 2.19 bits per heavy atom. The standard InChI is InChI=1S/C11H15FN2O2/c1-14(7-9(13)11(15)16-2)10-6-4-3-5-8(10)12/h3-6,9H,7,13H2,1-2H3. The van der Waals surface area contributed by atoms with Gasteiger partial charge in [-0.25, -0.2) is 4.39 Å². The molecule has 0 aromatic heterocycles. The predicted molar refractivity (Wildman–Crippen MR) is 59.7 cm³/mol. The van der Waals surface area contributed by atoms with E-state index < -0.39 is 12.0 Å². The fourth-order valence-electron chi connectivity index (χ4n) is 1.38. The Balaban J connectivity index is 2.69. The van der Waals surface area contributed by atoms with Crippen molar-refractivity contribution in [3.63, 3.8) is 0 Å². The molecule has 0 heterocycles. The lowest BCUT2D eigenvalue weighted by Crippen LogP contribution is -2.42. The van der Waals surface area contributed by atoms with Crippen LogP contribution in [0.5, 0.6) is 0 Å². The summed E-state index contributed by atoms with van der Waals surface area (Å²) in [4.78, 5) is 12.7. The van der Waals surface area contributed by atoms with Crippen LogP contribution >= 0.6 is 0 Å². The summed E-state index contributed by atoms with van der Waals surface area (Å²) < 4.78 is 17.9. The number of carbonyl (C=O) groups is 1. The van der Waals surface area contributed by atoms with Gasteiger partial charge in [0.1, 0.15) is 11.9 Å². The molecule has 0 aliphatic heterocycles. The van der Waals surface area contributed by atoms with Gasteiger partial charge in [0.05, 0.1) is 12.8 Å². The van der Waals surface area contributed by atoms with E-state index in [4.69, 9.17) is 5.73 Å². The van der Waals surface area contributed by atoms with Crippen molar-refractivity contribution < 1.29 is 13.9 Å². The highest BCUT2D eigenvalue weighted by Gasteiger charge is 2.17. The number of hydrogen-bond acceptors (Lipinski definition) is 4. The summed E-state index contributed by atoms with van der Waals surface area (Å²) in [5, 5.41) is 0. The van der Waals surface area contributed by atoms with Gasteiger partial charge in [-0.15, -0.1) is 0 Å². The number of nitrogens with zero attached hydrogens (tertiary/aromatic N) is 1. The molecule has 0 radical (unpaired) electrons. The molecular formula is C11H15FN2O2. The molecule has 1 unspecified atom stereocenters. The summed E-state index contributed by atoms with van der Waals surface area (Å²) >= 11 is 0. The molecule has 1 aromatic rings. The molecule has 0 aliphatic rings. The summed E-state index contributed by atoms with van der Waals surface area (Å²) in [5.74, 6) is -0.856. The third kappa shape index (κ3) is 2.93. The van der Waals surface area contributed by atoms with E-state index in [1.54, 1.807) is 30.1 Å². The van der Waals surface area contributed by atoms with E-state index in [1.807, 2.05) is 0 Å². The lowest BCUT2D eigenvalue weighted by atomic mass is 10.2. The highest BCUT2D eigenvalue weighted by Crippen LogP contribution is 2.16. The summed E-state index contributed by atoms with van der Waals surface area (Å²) in [6, 6.07) is 5.52. The van der Waals surface area contributed by atoms with E-state index in [1.165, 1.54) is 13.2 Å². The highest BCUT2D eigenvalue weighted by molar-refractivity contribution is 5.76. The second-order valence-electron chi connectivity index (χ2n) is 3.46. The molecule has 88 valence electrons. The lowest BCUT2D eigenvalue weighted by Gasteiger charge is -2.22. The van der Waals surface area contributed by atoms with Crippen LogP contribution in [0.4, 0.5) is 10.1 Å². The first-order valence-corrected chi connectivity index (χ1v) is 4.85. The molecule has 1 rings (SSSR count). The molecule has 0 bridgehead atoms. The molecule has 1 atom stereocenters. The molecule has 16 heavy (non-hydrogen) atoms. The predicted octanol–water partition coefficient (Wildman–Crippen LogP) is 0.762. The maximum absolute atomic E-state index is 13.4. The number of hydrogen-bond donors (Lipinski definition) is 1. The minimum atomic E-state index is -0.783. The van der Waals surface area contributed by atoms with Crippen molar-refractivity contribution in [2.24, 2.45) is 5.73 Å². The number of halogens is 1. The van der Waals surface area contributed by atoms with Crippen molar-refractivity contribution in [3.05, 3.63) is 30.1 Å². The Hall–Kier alpha value is -1.62. The van der Waals surface area contributed by atoms with Crippen molar-refractivity contribution in [3.8, 4) is 0 Å². The monoisotopic (exact) mass is 226 g/mol. The smallest absolute Gasteiger partial charge is 0.324 e. The molecular weight excluding hydrogens is 211 g/mol. The topological polar surface area (TPSA) is 55.6 Å². The average molecular weight is 226 g/mol. The largest absolute Gasteiger partial charge is 0.468 e. The number of anilines is 1. The van der Waals surface area contributed by atoms with Gasteiger partial charge < -0.3 is 15.4 Å². The van der Waals surface area contributed by atoms with Crippen LogP contribution in [-0.2, 0) is 9.53 Å². The van der Waals surface area contributed by atoms with Gasteiger partial charge in [-0.3, -0.25) is 4.79 Å². The average Bonchev–Trinajstić information content (AvgIpc) is 2.28. The first kappa shape index (κ1) is 12.4. The van der Waals surface area contributed by atoms with Crippen molar-refractivity contribution in [2.75, 3.05) is 25.6 Å². The number of methoxy groups -OCH3 is 1. The Morgan fingerprint density at radius 3 is 2.75 bits per heavy atom. The zero-order chi connectivity index (χ0) is 12.1. The second-order valence-corrected chi connectivity index (χ2v) is 3.46. The number of ether oxygens (including phenoxy) is 1. The Bertz CT molecular complexity index is 371. The van der Waals surface area contributed by atoms with E-state index in [0.29, 0.717) is 5.69 Å². The van der Waals surface area contributed by atoms with Crippen LogP contribution in [0.3, 0.4) is 0 Å². The molecule has 0 saturated carbocycles. The van der Waals surface area contributed by atoms with Gasteiger partial charge in [0.2, 0.25) is 0 Å². The van der Waals surface area contributed by atoms with Crippen molar-refractivity contribution in [1.29, 1.82) is 0 Å². The van der Waals surface area contributed by atoms with Gasteiger partial charge in [0, 0.05) is 13.6 Å². The van der Waals surface area contributed by atoms with Crippen LogP contribution in [0.15, 0.2) is 24.3 Å². The number of esters is 1. The molecule has 0 fully saturated rings. The van der Waals surface area contributed by atoms with Gasteiger partial charge in [-0.2, -0.15) is 0 Å². The van der Waals surface area contributed by atoms with Crippen LogP contribution in [0.25, 0.3) is 0 Å². The number of nitrogens with two attached hydrogens (primary N) is 1. The fourth-order valence-corrected chi connectivity index (χ4v) is 1.38. The molecule has 5 heteroatoms. The van der Waals surface area contributed by atoms with Crippen molar-refractivity contribution in [2.45, 2.75) is 6.04 Å². The first-order valence-electron chi connectivity index (χ1n) is 4.85. The summed E-state index contributed by atoms with van der Waals surface area (Å²) in [5.41, 5.74) is 5.98. The minimum Gasteiger partial charge on any atom is -0.468 e. The Morgan fingerprint density at radius 1 is 1.56 bits per heavy atom. The van der Waals surface area contributed by atoms with Gasteiger partial charge in [0.15, 0.2) is 0 Å². The maximum atomic E-state index is 13.4. The van der Waals surface area contributed by atoms with E-state index >= 15 is 0 Å². The Kier molecular flexibility index (Phi) is 4.25. The van der Waals surface area contributed by atoms with E-state index in [9.17, 15) is 9.18 Å². The fraction of sp³-hybridized carbons (Fsp3) is 0.364. The third-order valence-corrected chi connectivity index (χ3v) is 2.24. The number of para-hydroxylation sites is 1. The minimum absolute atomic E-state index is 0.202. The van der Waals surface area contributed by atoms with Crippen molar-refractivity contribution >= 4 is 11.7 Å². The van der Waals surface area contributed by atoms with Gasteiger partial charge in [-0.1, -0.05) is 12.1 Å². The quantitative estimate of drug-likeness (QED) is 0.770. The van der Waals surface area contributed by atoms with Crippen molar-refractivity contribution in [1.82, 2.24) is 0 Å².